The Morgan fingerprint density at radius 3 is 2.05 bits per heavy atom. The highest BCUT2D eigenvalue weighted by Crippen LogP contribution is 2.19. The summed E-state index contributed by atoms with van der Waals surface area (Å²) >= 11 is 1.85. The molecule has 4 heteroatoms. The summed E-state index contributed by atoms with van der Waals surface area (Å²) in [5.41, 5.74) is 7.09. The molecule has 3 rings (SSSR count). The van der Waals surface area contributed by atoms with Crippen molar-refractivity contribution in [1.82, 2.24) is 9.80 Å². The second-order valence-corrected chi connectivity index (χ2v) is 6.86. The molecule has 1 fully saturated rings. The smallest absolute Gasteiger partial charge is 0.0329 e. The van der Waals surface area contributed by atoms with Crippen molar-refractivity contribution >= 4 is 11.3 Å². The van der Waals surface area contributed by atoms with Gasteiger partial charge >= 0.3 is 0 Å². The van der Waals surface area contributed by atoms with Crippen LogP contribution in [-0.2, 0) is 19.6 Å². The van der Waals surface area contributed by atoms with Crippen molar-refractivity contribution in [3.05, 3.63) is 57.8 Å². The van der Waals surface area contributed by atoms with E-state index in [1.54, 1.807) is 0 Å². The lowest BCUT2D eigenvalue weighted by atomic mass is 10.2. The van der Waals surface area contributed by atoms with E-state index in [2.05, 4.69) is 52.3 Å². The van der Waals surface area contributed by atoms with Gasteiger partial charge in [-0.25, -0.2) is 0 Å². The highest BCUT2D eigenvalue weighted by molar-refractivity contribution is 7.11. The van der Waals surface area contributed by atoms with Crippen molar-refractivity contribution in [2.24, 2.45) is 5.73 Å². The Labute approximate surface area is 131 Å². The number of nitrogens with zero attached hydrogens (tertiary/aromatic N) is 2. The van der Waals surface area contributed by atoms with Crippen LogP contribution >= 0.6 is 11.3 Å². The van der Waals surface area contributed by atoms with Gasteiger partial charge in [-0.2, -0.15) is 0 Å². The third-order valence-electron chi connectivity index (χ3n) is 4.01. The van der Waals surface area contributed by atoms with Crippen molar-refractivity contribution in [2.45, 2.75) is 19.6 Å². The lowest BCUT2D eigenvalue weighted by molar-refractivity contribution is 0.123. The molecular weight excluding hydrogens is 278 g/mol. The molecule has 0 amide bonds. The van der Waals surface area contributed by atoms with E-state index in [0.29, 0.717) is 6.54 Å². The number of nitrogens with two attached hydrogens (primary N) is 1. The van der Waals surface area contributed by atoms with Crippen molar-refractivity contribution < 1.29 is 0 Å². The molecule has 2 N–H and O–H groups in total. The van der Waals surface area contributed by atoms with E-state index in [4.69, 9.17) is 5.73 Å². The molecule has 1 aliphatic heterocycles. The molecule has 2 aromatic rings. The summed E-state index contributed by atoms with van der Waals surface area (Å²) in [4.78, 5) is 7.82. The van der Waals surface area contributed by atoms with Crippen LogP contribution in [0.15, 0.2) is 42.5 Å². The number of rotatable bonds is 5. The monoisotopic (exact) mass is 301 g/mol. The van der Waals surface area contributed by atoms with E-state index < -0.39 is 0 Å². The molecule has 3 nitrogen and oxygen atoms in total. The van der Waals surface area contributed by atoms with E-state index in [9.17, 15) is 0 Å². The highest BCUT2D eigenvalue weighted by Gasteiger charge is 2.17. The third-order valence-corrected chi connectivity index (χ3v) is 5.10. The zero-order valence-electron chi connectivity index (χ0n) is 12.4. The molecular formula is C17H23N3S. The maximum Gasteiger partial charge on any atom is 0.0329 e. The number of thiophene rings is 1. The van der Waals surface area contributed by atoms with Crippen molar-refractivity contribution in [3.63, 3.8) is 0 Å². The standard InChI is InChI=1S/C17H23N3S/c18-12-16-6-7-17(21-16)14-20-10-8-19(9-11-20)13-15-4-2-1-3-5-15/h1-7H,8-14,18H2. The lowest BCUT2D eigenvalue weighted by Gasteiger charge is -2.34. The Morgan fingerprint density at radius 2 is 1.43 bits per heavy atom. The van der Waals surface area contributed by atoms with Crippen LogP contribution in [0.3, 0.4) is 0 Å². The van der Waals surface area contributed by atoms with Gasteiger partial charge in [0.05, 0.1) is 0 Å². The largest absolute Gasteiger partial charge is 0.326 e. The Balaban J connectivity index is 1.46. The summed E-state index contributed by atoms with van der Waals surface area (Å²) in [5.74, 6) is 0. The van der Waals surface area contributed by atoms with Gasteiger partial charge in [0.2, 0.25) is 0 Å². The lowest BCUT2D eigenvalue weighted by Crippen LogP contribution is -2.45. The first-order chi connectivity index (χ1) is 10.3. The number of hydrogen-bond donors (Lipinski definition) is 1. The molecule has 0 radical (unpaired) electrons. The quantitative estimate of drug-likeness (QED) is 0.921. The Bertz CT molecular complexity index is 544. The average molecular weight is 301 g/mol. The highest BCUT2D eigenvalue weighted by atomic mass is 32.1. The van der Waals surface area contributed by atoms with E-state index in [1.807, 2.05) is 11.3 Å². The third kappa shape index (κ3) is 4.14. The predicted molar refractivity (Wildman–Crippen MR) is 89.2 cm³/mol. The van der Waals surface area contributed by atoms with Crippen LogP contribution in [0.5, 0.6) is 0 Å². The molecule has 1 aromatic heterocycles. The minimum absolute atomic E-state index is 0.662. The second kappa shape index (κ2) is 7.18. The molecule has 0 saturated carbocycles. The fourth-order valence-electron chi connectivity index (χ4n) is 2.78. The number of benzene rings is 1. The number of piperazine rings is 1. The summed E-state index contributed by atoms with van der Waals surface area (Å²) in [6.07, 6.45) is 0. The fraction of sp³-hybridized carbons (Fsp3) is 0.412. The van der Waals surface area contributed by atoms with Crippen LogP contribution in [0.25, 0.3) is 0 Å². The molecule has 1 aromatic carbocycles. The van der Waals surface area contributed by atoms with E-state index >= 15 is 0 Å². The SMILES string of the molecule is NCc1ccc(CN2CCN(Cc3ccccc3)CC2)s1. The first-order valence-corrected chi connectivity index (χ1v) is 8.41. The van der Waals surface area contributed by atoms with Gasteiger partial charge in [0, 0.05) is 55.6 Å². The number of hydrogen-bond acceptors (Lipinski definition) is 4. The Kier molecular flexibility index (Phi) is 5.04. The minimum atomic E-state index is 0.662. The molecule has 0 spiro atoms. The minimum Gasteiger partial charge on any atom is -0.326 e. The van der Waals surface area contributed by atoms with Gasteiger partial charge in [-0.1, -0.05) is 30.3 Å². The molecule has 1 aliphatic rings. The summed E-state index contributed by atoms with van der Waals surface area (Å²) in [6.45, 7) is 7.43. The Hall–Kier alpha value is -1.20. The van der Waals surface area contributed by atoms with Crippen LogP contribution in [0, 0.1) is 0 Å². The van der Waals surface area contributed by atoms with Gasteiger partial charge in [-0.05, 0) is 17.7 Å². The first kappa shape index (κ1) is 14.7. The molecule has 2 heterocycles. The topological polar surface area (TPSA) is 32.5 Å². The average Bonchev–Trinajstić information content (AvgIpc) is 2.98. The molecule has 112 valence electrons. The van der Waals surface area contributed by atoms with Gasteiger partial charge in [-0.3, -0.25) is 9.80 Å². The van der Waals surface area contributed by atoms with Gasteiger partial charge in [0.15, 0.2) is 0 Å². The summed E-state index contributed by atoms with van der Waals surface area (Å²) < 4.78 is 0. The van der Waals surface area contributed by atoms with Crippen LogP contribution in [0.2, 0.25) is 0 Å². The van der Waals surface area contributed by atoms with E-state index in [-0.39, 0.29) is 0 Å². The van der Waals surface area contributed by atoms with Gasteiger partial charge in [0.1, 0.15) is 0 Å². The van der Waals surface area contributed by atoms with E-state index in [1.165, 1.54) is 15.3 Å². The van der Waals surface area contributed by atoms with Crippen LogP contribution < -0.4 is 5.73 Å². The molecule has 0 unspecified atom stereocenters. The zero-order chi connectivity index (χ0) is 14.5. The second-order valence-electron chi connectivity index (χ2n) is 5.61. The normalized spacial score (nSPS) is 17.2. The van der Waals surface area contributed by atoms with Crippen molar-refractivity contribution in [2.75, 3.05) is 26.2 Å². The van der Waals surface area contributed by atoms with Crippen LogP contribution in [0.4, 0.5) is 0 Å². The van der Waals surface area contributed by atoms with Crippen LogP contribution in [0.1, 0.15) is 15.3 Å². The molecule has 0 atom stereocenters. The molecule has 0 aliphatic carbocycles. The summed E-state index contributed by atoms with van der Waals surface area (Å²) in [5, 5.41) is 0. The summed E-state index contributed by atoms with van der Waals surface area (Å²) in [7, 11) is 0. The van der Waals surface area contributed by atoms with Gasteiger partial charge in [0.25, 0.3) is 0 Å². The molecule has 1 saturated heterocycles. The van der Waals surface area contributed by atoms with Gasteiger partial charge in [-0.15, -0.1) is 11.3 Å². The first-order valence-electron chi connectivity index (χ1n) is 7.60. The zero-order valence-corrected chi connectivity index (χ0v) is 13.2. The van der Waals surface area contributed by atoms with Crippen molar-refractivity contribution in [3.8, 4) is 0 Å². The molecule has 21 heavy (non-hydrogen) atoms. The maximum atomic E-state index is 5.68. The fourth-order valence-corrected chi connectivity index (χ4v) is 3.72. The van der Waals surface area contributed by atoms with Gasteiger partial charge < -0.3 is 5.73 Å². The maximum absolute atomic E-state index is 5.68. The predicted octanol–water partition coefficient (Wildman–Crippen LogP) is 2.52. The Morgan fingerprint density at radius 1 is 0.810 bits per heavy atom. The van der Waals surface area contributed by atoms with Crippen LogP contribution in [-0.4, -0.2) is 36.0 Å². The summed E-state index contributed by atoms with van der Waals surface area (Å²) in [6, 6.07) is 15.1. The molecule has 0 bridgehead atoms. The van der Waals surface area contributed by atoms with E-state index in [0.717, 1.165) is 39.3 Å². The van der Waals surface area contributed by atoms with Crippen molar-refractivity contribution in [1.29, 1.82) is 0 Å².